The third-order valence-corrected chi connectivity index (χ3v) is 3.61. The van der Waals surface area contributed by atoms with Crippen LogP contribution in [0.25, 0.3) is 11.4 Å². The number of nitrogens with one attached hydrogen (secondary N) is 2. The van der Waals surface area contributed by atoms with E-state index in [9.17, 15) is 0 Å². The molecular formula is C19H22N6. The van der Waals surface area contributed by atoms with E-state index in [0.29, 0.717) is 23.6 Å². The average molecular weight is 334 g/mol. The predicted molar refractivity (Wildman–Crippen MR) is 101 cm³/mol. The fraction of sp³-hybridized carbons (Fsp3) is 0.263. The minimum Gasteiger partial charge on any atom is -0.354 e. The number of pyridine rings is 1. The van der Waals surface area contributed by atoms with Gasteiger partial charge in [-0.2, -0.15) is 15.0 Å². The largest absolute Gasteiger partial charge is 0.354 e. The molecule has 0 unspecified atom stereocenters. The zero-order chi connectivity index (χ0) is 17.5. The van der Waals surface area contributed by atoms with Crippen LogP contribution < -0.4 is 10.6 Å². The second-order valence-electron chi connectivity index (χ2n) is 6.14. The Balaban J connectivity index is 1.87. The summed E-state index contributed by atoms with van der Waals surface area (Å²) in [6.45, 7) is 5.21. The molecule has 3 aromatic rings. The summed E-state index contributed by atoms with van der Waals surface area (Å²) in [6.07, 6.45) is 4.51. The summed E-state index contributed by atoms with van der Waals surface area (Å²) >= 11 is 0. The van der Waals surface area contributed by atoms with Gasteiger partial charge in [0.05, 0.1) is 0 Å². The lowest BCUT2D eigenvalue weighted by Crippen LogP contribution is -2.10. The van der Waals surface area contributed by atoms with Gasteiger partial charge in [0.2, 0.25) is 11.9 Å². The highest BCUT2D eigenvalue weighted by atomic mass is 15.2. The summed E-state index contributed by atoms with van der Waals surface area (Å²) in [5.41, 5.74) is 1.84. The van der Waals surface area contributed by atoms with Gasteiger partial charge in [-0.05, 0) is 24.5 Å². The Kier molecular flexibility index (Phi) is 5.51. The molecule has 2 heterocycles. The highest BCUT2D eigenvalue weighted by Gasteiger charge is 2.09. The first-order chi connectivity index (χ1) is 12.2. The van der Waals surface area contributed by atoms with E-state index in [-0.39, 0.29) is 0 Å². The van der Waals surface area contributed by atoms with Crippen molar-refractivity contribution in [2.24, 2.45) is 5.92 Å². The van der Waals surface area contributed by atoms with E-state index >= 15 is 0 Å². The van der Waals surface area contributed by atoms with Gasteiger partial charge in [0.15, 0.2) is 5.82 Å². The molecule has 0 amide bonds. The molecule has 0 bridgehead atoms. The third-order valence-electron chi connectivity index (χ3n) is 3.61. The SMILES string of the molecule is CC(C)CCNc1nc(Nc2ccncc2)nc(-c2ccccc2)n1. The number of aromatic nitrogens is 4. The van der Waals surface area contributed by atoms with E-state index in [4.69, 9.17) is 0 Å². The van der Waals surface area contributed by atoms with Crippen LogP contribution in [0.2, 0.25) is 0 Å². The van der Waals surface area contributed by atoms with Gasteiger partial charge in [-0.3, -0.25) is 4.98 Å². The molecule has 0 fully saturated rings. The lowest BCUT2D eigenvalue weighted by Gasteiger charge is -2.11. The maximum absolute atomic E-state index is 4.56. The molecule has 25 heavy (non-hydrogen) atoms. The van der Waals surface area contributed by atoms with Gasteiger partial charge in [-0.15, -0.1) is 0 Å². The highest BCUT2D eigenvalue weighted by Crippen LogP contribution is 2.19. The van der Waals surface area contributed by atoms with Gasteiger partial charge in [-0.1, -0.05) is 44.2 Å². The van der Waals surface area contributed by atoms with Gasteiger partial charge in [0.1, 0.15) is 0 Å². The molecule has 2 aromatic heterocycles. The molecule has 2 N–H and O–H groups in total. The Morgan fingerprint density at radius 1 is 0.880 bits per heavy atom. The molecule has 6 heteroatoms. The van der Waals surface area contributed by atoms with E-state index in [0.717, 1.165) is 24.2 Å². The van der Waals surface area contributed by atoms with Crippen LogP contribution in [-0.4, -0.2) is 26.5 Å². The van der Waals surface area contributed by atoms with Gasteiger partial charge >= 0.3 is 0 Å². The topological polar surface area (TPSA) is 75.6 Å². The Morgan fingerprint density at radius 2 is 1.60 bits per heavy atom. The Morgan fingerprint density at radius 3 is 2.32 bits per heavy atom. The fourth-order valence-corrected chi connectivity index (χ4v) is 2.26. The zero-order valence-corrected chi connectivity index (χ0v) is 14.5. The molecule has 0 aliphatic rings. The van der Waals surface area contributed by atoms with Gasteiger partial charge in [0.25, 0.3) is 0 Å². The summed E-state index contributed by atoms with van der Waals surface area (Å²) < 4.78 is 0. The summed E-state index contributed by atoms with van der Waals surface area (Å²) in [7, 11) is 0. The number of nitrogens with zero attached hydrogens (tertiary/aromatic N) is 4. The number of hydrogen-bond acceptors (Lipinski definition) is 6. The summed E-state index contributed by atoms with van der Waals surface area (Å²) in [4.78, 5) is 17.6. The van der Waals surface area contributed by atoms with Crippen LogP contribution in [0.5, 0.6) is 0 Å². The first-order valence-electron chi connectivity index (χ1n) is 8.43. The highest BCUT2D eigenvalue weighted by molar-refractivity contribution is 5.60. The van der Waals surface area contributed by atoms with Crippen molar-refractivity contribution in [3.8, 4) is 11.4 Å². The molecule has 0 atom stereocenters. The summed E-state index contributed by atoms with van der Waals surface area (Å²) in [5.74, 6) is 2.34. The number of rotatable bonds is 7. The third kappa shape index (κ3) is 4.97. The molecule has 1 aromatic carbocycles. The van der Waals surface area contributed by atoms with E-state index < -0.39 is 0 Å². The van der Waals surface area contributed by atoms with Crippen molar-refractivity contribution < 1.29 is 0 Å². The quantitative estimate of drug-likeness (QED) is 0.676. The molecular weight excluding hydrogens is 312 g/mol. The molecule has 0 radical (unpaired) electrons. The van der Waals surface area contributed by atoms with Crippen LogP contribution in [-0.2, 0) is 0 Å². The van der Waals surface area contributed by atoms with E-state index in [2.05, 4.69) is 44.4 Å². The van der Waals surface area contributed by atoms with Crippen molar-refractivity contribution >= 4 is 17.6 Å². The van der Waals surface area contributed by atoms with E-state index in [1.165, 1.54) is 0 Å². The van der Waals surface area contributed by atoms with Crippen LogP contribution in [0.4, 0.5) is 17.6 Å². The Labute approximate surface area is 147 Å². The monoisotopic (exact) mass is 334 g/mol. The van der Waals surface area contributed by atoms with Gasteiger partial charge in [-0.25, -0.2) is 0 Å². The van der Waals surface area contributed by atoms with Crippen molar-refractivity contribution in [3.63, 3.8) is 0 Å². The number of benzene rings is 1. The van der Waals surface area contributed by atoms with Crippen molar-refractivity contribution in [3.05, 3.63) is 54.9 Å². The molecule has 0 aliphatic heterocycles. The van der Waals surface area contributed by atoms with Gasteiger partial charge < -0.3 is 10.6 Å². The summed E-state index contributed by atoms with van der Waals surface area (Å²) in [5, 5.41) is 6.51. The maximum Gasteiger partial charge on any atom is 0.232 e. The van der Waals surface area contributed by atoms with Crippen molar-refractivity contribution in [1.82, 2.24) is 19.9 Å². The van der Waals surface area contributed by atoms with Crippen LogP contribution in [0, 0.1) is 5.92 Å². The molecule has 0 aliphatic carbocycles. The first kappa shape index (κ1) is 16.8. The minimum absolute atomic E-state index is 0.507. The lowest BCUT2D eigenvalue weighted by atomic mass is 10.1. The number of anilines is 3. The predicted octanol–water partition coefficient (Wildman–Crippen LogP) is 4.14. The van der Waals surface area contributed by atoms with Crippen LogP contribution in [0.1, 0.15) is 20.3 Å². The maximum atomic E-state index is 4.56. The summed E-state index contributed by atoms with van der Waals surface area (Å²) in [6, 6.07) is 13.6. The smallest absolute Gasteiger partial charge is 0.232 e. The lowest BCUT2D eigenvalue weighted by molar-refractivity contribution is 0.606. The van der Waals surface area contributed by atoms with Crippen LogP contribution >= 0.6 is 0 Å². The Hall–Kier alpha value is -3.02. The van der Waals surface area contributed by atoms with Crippen molar-refractivity contribution in [2.45, 2.75) is 20.3 Å². The first-order valence-corrected chi connectivity index (χ1v) is 8.43. The zero-order valence-electron chi connectivity index (χ0n) is 14.5. The minimum atomic E-state index is 0.507. The molecule has 0 saturated heterocycles. The fourth-order valence-electron chi connectivity index (χ4n) is 2.26. The van der Waals surface area contributed by atoms with E-state index in [1.807, 2.05) is 42.5 Å². The van der Waals surface area contributed by atoms with Gasteiger partial charge in [0, 0.05) is 30.2 Å². The van der Waals surface area contributed by atoms with Crippen LogP contribution in [0.15, 0.2) is 54.9 Å². The van der Waals surface area contributed by atoms with Crippen molar-refractivity contribution in [2.75, 3.05) is 17.2 Å². The molecule has 6 nitrogen and oxygen atoms in total. The van der Waals surface area contributed by atoms with Crippen LogP contribution in [0.3, 0.4) is 0 Å². The average Bonchev–Trinajstić information content (AvgIpc) is 2.63. The number of hydrogen-bond donors (Lipinski definition) is 2. The Bertz CT molecular complexity index is 790. The standard InChI is InChI=1S/C19H22N6/c1-14(2)8-13-21-18-23-17(15-6-4-3-5-7-15)24-19(25-18)22-16-9-11-20-12-10-16/h3-7,9-12,14H,8,13H2,1-2H3,(H2,20,21,22,23,24,25). The second-order valence-corrected chi connectivity index (χ2v) is 6.14. The molecule has 0 spiro atoms. The van der Waals surface area contributed by atoms with Crippen molar-refractivity contribution in [1.29, 1.82) is 0 Å². The molecule has 0 saturated carbocycles. The second kappa shape index (κ2) is 8.19. The van der Waals surface area contributed by atoms with E-state index in [1.54, 1.807) is 12.4 Å². The normalized spacial score (nSPS) is 10.7. The molecule has 128 valence electrons. The molecule has 3 rings (SSSR count).